The predicted molar refractivity (Wildman–Crippen MR) is 75.1 cm³/mol. The van der Waals surface area contributed by atoms with Crippen LogP contribution in [0.5, 0.6) is 0 Å². The Morgan fingerprint density at radius 3 is 2.43 bits per heavy atom. The molecule has 5 nitrogen and oxygen atoms in total. The van der Waals surface area contributed by atoms with Crippen molar-refractivity contribution in [3.63, 3.8) is 0 Å². The minimum Gasteiger partial charge on any atom is -0.319 e. The van der Waals surface area contributed by atoms with Crippen LogP contribution >= 0.6 is 15.9 Å². The summed E-state index contributed by atoms with van der Waals surface area (Å²) in [6.45, 7) is 0. The first-order valence-electron chi connectivity index (χ1n) is 5.59. The van der Waals surface area contributed by atoms with Gasteiger partial charge in [0.2, 0.25) is 0 Å². The quantitative estimate of drug-likeness (QED) is 0.669. The number of nitrogens with zero attached hydrogens (tertiary/aromatic N) is 1. The zero-order chi connectivity index (χ0) is 15.6. The number of anilines is 1. The molecule has 0 fully saturated rings. The van der Waals surface area contributed by atoms with Crippen LogP contribution in [0, 0.1) is 21.7 Å². The van der Waals surface area contributed by atoms with Crippen LogP contribution in [-0.2, 0) is 0 Å². The summed E-state index contributed by atoms with van der Waals surface area (Å²) in [6, 6.07) is 6.28. The normalized spacial score (nSPS) is 10.2. The number of nitrogens with one attached hydrogen (secondary N) is 1. The molecule has 0 radical (unpaired) electrons. The summed E-state index contributed by atoms with van der Waals surface area (Å²) in [5, 5.41) is 12.8. The van der Waals surface area contributed by atoms with Gasteiger partial charge in [-0.25, -0.2) is 8.78 Å². The van der Waals surface area contributed by atoms with Crippen LogP contribution in [-0.4, -0.2) is 10.8 Å². The highest BCUT2D eigenvalue weighted by molar-refractivity contribution is 9.10. The molecule has 0 saturated heterocycles. The molecule has 2 aromatic rings. The van der Waals surface area contributed by atoms with E-state index in [0.717, 1.165) is 24.3 Å². The lowest BCUT2D eigenvalue weighted by Crippen LogP contribution is -2.13. The van der Waals surface area contributed by atoms with Gasteiger partial charge in [0.25, 0.3) is 11.6 Å². The SMILES string of the molecule is O=C(Nc1cc([N+](=O)[O-])ccc1F)c1ccc(F)c(Br)c1. The summed E-state index contributed by atoms with van der Waals surface area (Å²) in [5.41, 5.74) is -0.601. The average Bonchev–Trinajstić information content (AvgIpc) is 2.43. The Labute approximate surface area is 125 Å². The van der Waals surface area contributed by atoms with Crippen LogP contribution < -0.4 is 5.32 Å². The molecule has 1 amide bonds. The molecule has 108 valence electrons. The van der Waals surface area contributed by atoms with Crippen LogP contribution in [0.2, 0.25) is 0 Å². The van der Waals surface area contributed by atoms with Crippen LogP contribution in [0.15, 0.2) is 40.9 Å². The van der Waals surface area contributed by atoms with E-state index in [-0.39, 0.29) is 21.4 Å². The van der Waals surface area contributed by atoms with Crippen LogP contribution in [0.3, 0.4) is 0 Å². The first kappa shape index (κ1) is 15.0. The summed E-state index contributed by atoms with van der Waals surface area (Å²) < 4.78 is 26.7. The third-order valence-corrected chi connectivity index (χ3v) is 3.20. The molecule has 0 heterocycles. The number of amides is 1. The van der Waals surface area contributed by atoms with Gasteiger partial charge in [-0.2, -0.15) is 0 Å². The zero-order valence-corrected chi connectivity index (χ0v) is 11.9. The first-order chi connectivity index (χ1) is 9.88. The van der Waals surface area contributed by atoms with E-state index in [2.05, 4.69) is 21.2 Å². The molecule has 0 saturated carbocycles. The van der Waals surface area contributed by atoms with E-state index >= 15 is 0 Å². The smallest absolute Gasteiger partial charge is 0.271 e. The Morgan fingerprint density at radius 2 is 1.81 bits per heavy atom. The Bertz CT molecular complexity index is 737. The standard InChI is InChI=1S/C13H7BrF2N2O3/c14-9-5-7(1-3-10(9)15)13(19)17-12-6-8(18(20)21)2-4-11(12)16/h1-6H,(H,17,19). The molecule has 0 aliphatic carbocycles. The van der Waals surface area contributed by atoms with Gasteiger partial charge in [-0.05, 0) is 40.2 Å². The molecular formula is C13H7BrF2N2O3. The van der Waals surface area contributed by atoms with Gasteiger partial charge in [0.15, 0.2) is 0 Å². The molecule has 0 atom stereocenters. The van der Waals surface area contributed by atoms with Crippen LogP contribution in [0.4, 0.5) is 20.2 Å². The van der Waals surface area contributed by atoms with E-state index in [1.165, 1.54) is 12.1 Å². The molecule has 0 aliphatic rings. The number of carbonyl (C=O) groups excluding carboxylic acids is 1. The lowest BCUT2D eigenvalue weighted by molar-refractivity contribution is -0.384. The van der Waals surface area contributed by atoms with Crippen molar-refractivity contribution < 1.29 is 18.5 Å². The van der Waals surface area contributed by atoms with Gasteiger partial charge in [0.1, 0.15) is 11.6 Å². The minimum atomic E-state index is -0.810. The van der Waals surface area contributed by atoms with E-state index in [1.807, 2.05) is 0 Å². The van der Waals surface area contributed by atoms with Gasteiger partial charge in [0, 0.05) is 17.7 Å². The largest absolute Gasteiger partial charge is 0.319 e. The number of halogens is 3. The third-order valence-electron chi connectivity index (χ3n) is 2.59. The Hall–Kier alpha value is -2.35. The number of hydrogen-bond acceptors (Lipinski definition) is 3. The third kappa shape index (κ3) is 3.40. The van der Waals surface area contributed by atoms with Gasteiger partial charge in [0.05, 0.1) is 15.1 Å². The van der Waals surface area contributed by atoms with Crippen molar-refractivity contribution in [1.82, 2.24) is 0 Å². The van der Waals surface area contributed by atoms with Gasteiger partial charge in [-0.15, -0.1) is 0 Å². The number of hydrogen-bond donors (Lipinski definition) is 1. The number of nitro groups is 1. The van der Waals surface area contributed by atoms with Crippen molar-refractivity contribution in [2.45, 2.75) is 0 Å². The fraction of sp³-hybridized carbons (Fsp3) is 0. The highest BCUT2D eigenvalue weighted by Gasteiger charge is 2.15. The molecule has 0 unspecified atom stereocenters. The van der Waals surface area contributed by atoms with E-state index in [9.17, 15) is 23.7 Å². The number of benzene rings is 2. The number of non-ortho nitro benzene ring substituents is 1. The van der Waals surface area contributed by atoms with Crippen molar-refractivity contribution in [3.05, 3.63) is 68.2 Å². The van der Waals surface area contributed by atoms with E-state index in [0.29, 0.717) is 0 Å². The first-order valence-corrected chi connectivity index (χ1v) is 6.38. The molecule has 1 N–H and O–H groups in total. The predicted octanol–water partition coefficient (Wildman–Crippen LogP) is 3.89. The van der Waals surface area contributed by atoms with Crippen molar-refractivity contribution in [1.29, 1.82) is 0 Å². The Morgan fingerprint density at radius 1 is 1.14 bits per heavy atom. The minimum absolute atomic E-state index is 0.0779. The second-order valence-electron chi connectivity index (χ2n) is 4.00. The number of rotatable bonds is 3. The lowest BCUT2D eigenvalue weighted by Gasteiger charge is -2.07. The second-order valence-corrected chi connectivity index (χ2v) is 4.86. The topological polar surface area (TPSA) is 72.2 Å². The van der Waals surface area contributed by atoms with Gasteiger partial charge >= 0.3 is 0 Å². The van der Waals surface area contributed by atoms with E-state index in [4.69, 9.17) is 0 Å². The molecule has 8 heteroatoms. The van der Waals surface area contributed by atoms with Gasteiger partial charge < -0.3 is 5.32 Å². The molecule has 0 spiro atoms. The Balaban J connectivity index is 2.28. The van der Waals surface area contributed by atoms with Crippen LogP contribution in [0.25, 0.3) is 0 Å². The molecule has 2 rings (SSSR count). The van der Waals surface area contributed by atoms with Crippen molar-refractivity contribution >= 4 is 33.2 Å². The molecule has 0 aromatic heterocycles. The number of nitro benzene ring substituents is 1. The Kier molecular flexibility index (Phi) is 4.27. The summed E-state index contributed by atoms with van der Waals surface area (Å²) in [5.74, 6) is -2.07. The zero-order valence-electron chi connectivity index (χ0n) is 10.3. The molecule has 21 heavy (non-hydrogen) atoms. The number of carbonyl (C=O) groups is 1. The molecule has 0 bridgehead atoms. The summed E-state index contributed by atoms with van der Waals surface area (Å²) >= 11 is 2.93. The fourth-order valence-electron chi connectivity index (χ4n) is 1.55. The van der Waals surface area contributed by atoms with Crippen molar-refractivity contribution in [3.8, 4) is 0 Å². The van der Waals surface area contributed by atoms with E-state index in [1.54, 1.807) is 0 Å². The van der Waals surface area contributed by atoms with Crippen LogP contribution in [0.1, 0.15) is 10.4 Å². The monoisotopic (exact) mass is 356 g/mol. The van der Waals surface area contributed by atoms with E-state index < -0.39 is 22.5 Å². The second kappa shape index (κ2) is 5.96. The average molecular weight is 357 g/mol. The van der Waals surface area contributed by atoms with Crippen molar-refractivity contribution in [2.75, 3.05) is 5.32 Å². The summed E-state index contributed by atoms with van der Waals surface area (Å²) in [4.78, 5) is 21.8. The van der Waals surface area contributed by atoms with Crippen molar-refractivity contribution in [2.24, 2.45) is 0 Å². The summed E-state index contributed by atoms with van der Waals surface area (Å²) in [7, 11) is 0. The maximum absolute atomic E-state index is 13.5. The van der Waals surface area contributed by atoms with Gasteiger partial charge in [-0.3, -0.25) is 14.9 Å². The lowest BCUT2D eigenvalue weighted by atomic mass is 10.2. The maximum atomic E-state index is 13.5. The highest BCUT2D eigenvalue weighted by atomic mass is 79.9. The summed E-state index contributed by atoms with van der Waals surface area (Å²) in [6.07, 6.45) is 0. The molecule has 2 aromatic carbocycles. The van der Waals surface area contributed by atoms with Gasteiger partial charge in [-0.1, -0.05) is 0 Å². The maximum Gasteiger partial charge on any atom is 0.271 e. The molecular weight excluding hydrogens is 350 g/mol. The molecule has 0 aliphatic heterocycles. The fourth-order valence-corrected chi connectivity index (χ4v) is 1.93. The highest BCUT2D eigenvalue weighted by Crippen LogP contribution is 2.23.